The van der Waals surface area contributed by atoms with E-state index >= 15 is 0 Å². The maximum Gasteiger partial charge on any atom is 0.0685 e. The zero-order chi connectivity index (χ0) is 19.3. The van der Waals surface area contributed by atoms with Gasteiger partial charge in [-0.15, -0.1) is 0 Å². The van der Waals surface area contributed by atoms with Crippen molar-refractivity contribution in [1.29, 1.82) is 0 Å². The molecule has 0 radical (unpaired) electrons. The highest BCUT2D eigenvalue weighted by atomic mass is 15.3. The lowest BCUT2D eigenvalue weighted by atomic mass is 9.88. The predicted molar refractivity (Wildman–Crippen MR) is 110 cm³/mol. The Labute approximate surface area is 157 Å². The van der Waals surface area contributed by atoms with Crippen LogP contribution in [0.15, 0.2) is 42.5 Å². The van der Waals surface area contributed by atoms with Crippen molar-refractivity contribution in [2.24, 2.45) is 0 Å². The normalized spacial score (nSPS) is 12.6. The minimum atomic E-state index is 0.0305. The topological polar surface area (TPSA) is 22.8 Å². The summed E-state index contributed by atoms with van der Waals surface area (Å²) in [6, 6.07) is 15.3. The Morgan fingerprint density at radius 2 is 1.19 bits per heavy atom. The van der Waals surface area contributed by atoms with Crippen LogP contribution in [0.25, 0.3) is 11.4 Å². The van der Waals surface area contributed by atoms with Crippen LogP contribution in [0.3, 0.4) is 0 Å². The van der Waals surface area contributed by atoms with Crippen LogP contribution in [0, 0.1) is 13.8 Å². The summed E-state index contributed by atoms with van der Waals surface area (Å²) in [4.78, 5) is 0. The van der Waals surface area contributed by atoms with Gasteiger partial charge in [-0.2, -0.15) is 5.10 Å². The highest BCUT2D eigenvalue weighted by molar-refractivity contribution is 5.45. The smallest absolute Gasteiger partial charge is 0.0685 e. The Morgan fingerprint density at radius 3 is 1.65 bits per heavy atom. The predicted octanol–water partition coefficient (Wildman–Crippen LogP) is 5.87. The highest BCUT2D eigenvalue weighted by Crippen LogP contribution is 2.30. The van der Waals surface area contributed by atoms with Gasteiger partial charge in [0.25, 0.3) is 0 Å². The number of aromatic nitrogens is 3. The first kappa shape index (κ1) is 18.5. The SMILES string of the molecule is Cc1ccc(C)n1-c1ccc(-n2nc(C(C)(C)C)cc2C(C)(C)C)cc1. The molecule has 0 aliphatic heterocycles. The van der Waals surface area contributed by atoms with E-state index in [-0.39, 0.29) is 10.8 Å². The van der Waals surface area contributed by atoms with E-state index in [2.05, 4.69) is 107 Å². The Morgan fingerprint density at radius 1 is 0.692 bits per heavy atom. The van der Waals surface area contributed by atoms with Gasteiger partial charge >= 0.3 is 0 Å². The molecule has 26 heavy (non-hydrogen) atoms. The molecule has 0 unspecified atom stereocenters. The molecule has 0 saturated carbocycles. The lowest BCUT2D eigenvalue weighted by Crippen LogP contribution is -2.17. The molecule has 0 fully saturated rings. The molecule has 0 N–H and O–H groups in total. The molecule has 2 heterocycles. The maximum absolute atomic E-state index is 4.96. The third-order valence-electron chi connectivity index (χ3n) is 4.87. The van der Waals surface area contributed by atoms with E-state index in [9.17, 15) is 0 Å². The van der Waals surface area contributed by atoms with Crippen molar-refractivity contribution >= 4 is 0 Å². The van der Waals surface area contributed by atoms with Gasteiger partial charge in [0, 0.05) is 33.6 Å². The molecule has 0 atom stereocenters. The zero-order valence-corrected chi connectivity index (χ0v) is 17.4. The molecule has 3 heteroatoms. The fraction of sp³-hybridized carbons (Fsp3) is 0.435. The lowest BCUT2D eigenvalue weighted by Gasteiger charge is -2.20. The molecule has 3 nitrogen and oxygen atoms in total. The van der Waals surface area contributed by atoms with Crippen LogP contribution in [-0.4, -0.2) is 14.3 Å². The summed E-state index contributed by atoms with van der Waals surface area (Å²) in [6.45, 7) is 17.7. The van der Waals surface area contributed by atoms with Gasteiger partial charge in [0.1, 0.15) is 0 Å². The second kappa shape index (κ2) is 6.15. The van der Waals surface area contributed by atoms with Crippen LogP contribution in [0.4, 0.5) is 0 Å². The zero-order valence-electron chi connectivity index (χ0n) is 17.4. The third kappa shape index (κ3) is 3.35. The van der Waals surface area contributed by atoms with Crippen molar-refractivity contribution in [2.75, 3.05) is 0 Å². The molecule has 0 aliphatic carbocycles. The fourth-order valence-corrected chi connectivity index (χ4v) is 3.30. The first-order valence-electron chi connectivity index (χ1n) is 9.35. The van der Waals surface area contributed by atoms with E-state index < -0.39 is 0 Å². The summed E-state index contributed by atoms with van der Waals surface area (Å²) < 4.78 is 4.39. The summed E-state index contributed by atoms with van der Waals surface area (Å²) in [5.41, 5.74) is 7.23. The molecule has 2 aromatic heterocycles. The van der Waals surface area contributed by atoms with Crippen molar-refractivity contribution in [2.45, 2.75) is 66.2 Å². The molecule has 0 aliphatic rings. The number of hydrogen-bond acceptors (Lipinski definition) is 1. The van der Waals surface area contributed by atoms with Crippen molar-refractivity contribution < 1.29 is 0 Å². The van der Waals surface area contributed by atoms with Gasteiger partial charge in [-0.3, -0.25) is 0 Å². The first-order chi connectivity index (χ1) is 12.0. The minimum absolute atomic E-state index is 0.0305. The summed E-state index contributed by atoms with van der Waals surface area (Å²) >= 11 is 0. The number of rotatable bonds is 2. The van der Waals surface area contributed by atoms with Crippen LogP contribution in [-0.2, 0) is 10.8 Å². The first-order valence-corrected chi connectivity index (χ1v) is 9.35. The Hall–Kier alpha value is -2.29. The average Bonchev–Trinajstić information content (AvgIpc) is 3.11. The standard InChI is InChI=1S/C23H31N3/c1-16-9-10-17(2)25(16)18-11-13-19(14-12-18)26-21(23(6,7)8)15-20(24-26)22(3,4)5/h9-15H,1-8H3. The van der Waals surface area contributed by atoms with Crippen LogP contribution in [0.5, 0.6) is 0 Å². The van der Waals surface area contributed by atoms with Gasteiger partial charge in [-0.1, -0.05) is 41.5 Å². The minimum Gasteiger partial charge on any atom is -0.319 e. The molecule has 138 valence electrons. The van der Waals surface area contributed by atoms with E-state index in [4.69, 9.17) is 5.10 Å². The van der Waals surface area contributed by atoms with E-state index in [1.54, 1.807) is 0 Å². The van der Waals surface area contributed by atoms with Crippen molar-refractivity contribution in [1.82, 2.24) is 14.3 Å². The van der Waals surface area contributed by atoms with Crippen molar-refractivity contribution in [3.63, 3.8) is 0 Å². The quantitative estimate of drug-likeness (QED) is 0.567. The van der Waals surface area contributed by atoms with Gasteiger partial charge in [-0.25, -0.2) is 4.68 Å². The number of aryl methyl sites for hydroxylation is 2. The van der Waals surface area contributed by atoms with Gasteiger partial charge in [0.15, 0.2) is 0 Å². The van der Waals surface area contributed by atoms with Gasteiger partial charge < -0.3 is 4.57 Å². The van der Waals surface area contributed by atoms with Gasteiger partial charge in [-0.05, 0) is 56.3 Å². The van der Waals surface area contributed by atoms with Crippen molar-refractivity contribution in [3.05, 3.63) is 65.2 Å². The number of hydrogen-bond donors (Lipinski definition) is 0. The van der Waals surface area contributed by atoms with Gasteiger partial charge in [0.05, 0.1) is 11.4 Å². The largest absolute Gasteiger partial charge is 0.319 e. The Kier molecular flexibility index (Phi) is 4.38. The van der Waals surface area contributed by atoms with E-state index in [1.807, 2.05) is 0 Å². The molecular weight excluding hydrogens is 318 g/mol. The third-order valence-corrected chi connectivity index (χ3v) is 4.87. The second-order valence-electron chi connectivity index (χ2n) is 9.29. The van der Waals surface area contributed by atoms with Gasteiger partial charge in [0.2, 0.25) is 0 Å². The number of benzene rings is 1. The molecular formula is C23H31N3. The maximum atomic E-state index is 4.96. The molecule has 1 aromatic carbocycles. The lowest BCUT2D eigenvalue weighted by molar-refractivity contribution is 0.537. The monoisotopic (exact) mass is 349 g/mol. The summed E-state index contributed by atoms with van der Waals surface area (Å²) in [6.07, 6.45) is 0. The number of nitrogens with zero attached hydrogens (tertiary/aromatic N) is 3. The average molecular weight is 350 g/mol. The Balaban J connectivity index is 2.08. The Bertz CT molecular complexity index is 891. The van der Waals surface area contributed by atoms with E-state index in [0.29, 0.717) is 0 Å². The molecule has 0 bridgehead atoms. The molecule has 0 saturated heterocycles. The molecule has 0 spiro atoms. The fourth-order valence-electron chi connectivity index (χ4n) is 3.30. The van der Waals surface area contributed by atoms with Crippen LogP contribution >= 0.6 is 0 Å². The van der Waals surface area contributed by atoms with Crippen LogP contribution in [0.1, 0.15) is 64.3 Å². The molecule has 3 rings (SSSR count). The molecule has 3 aromatic rings. The van der Waals surface area contributed by atoms with E-state index in [0.717, 1.165) is 11.4 Å². The summed E-state index contributed by atoms with van der Waals surface area (Å²) in [5.74, 6) is 0. The molecule has 0 amide bonds. The summed E-state index contributed by atoms with van der Waals surface area (Å²) in [5, 5.41) is 4.96. The highest BCUT2D eigenvalue weighted by Gasteiger charge is 2.26. The summed E-state index contributed by atoms with van der Waals surface area (Å²) in [7, 11) is 0. The van der Waals surface area contributed by atoms with Crippen LogP contribution < -0.4 is 0 Å². The van der Waals surface area contributed by atoms with E-state index in [1.165, 1.54) is 22.8 Å². The van der Waals surface area contributed by atoms with Crippen molar-refractivity contribution in [3.8, 4) is 11.4 Å². The second-order valence-corrected chi connectivity index (χ2v) is 9.29. The van der Waals surface area contributed by atoms with Crippen LogP contribution in [0.2, 0.25) is 0 Å².